The van der Waals surface area contributed by atoms with Crippen LogP contribution in [0.15, 0.2) is 12.3 Å². The summed E-state index contributed by atoms with van der Waals surface area (Å²) in [7, 11) is 1.68. The van der Waals surface area contributed by atoms with Gasteiger partial charge < -0.3 is 9.47 Å². The zero-order valence-electron chi connectivity index (χ0n) is 8.42. The lowest BCUT2D eigenvalue weighted by molar-refractivity contribution is 0.172. The second-order valence-corrected chi connectivity index (χ2v) is 3.35. The Balaban J connectivity index is 2.45. The highest BCUT2D eigenvalue weighted by atomic mass is 35.5. The van der Waals surface area contributed by atoms with E-state index in [-0.39, 0.29) is 0 Å². The summed E-state index contributed by atoms with van der Waals surface area (Å²) in [5, 5.41) is 0.456. The molecule has 3 nitrogen and oxygen atoms in total. The lowest BCUT2D eigenvalue weighted by Gasteiger charge is -2.08. The molecule has 1 aromatic heterocycles. The van der Waals surface area contributed by atoms with Crippen LogP contribution in [0.5, 0.6) is 5.75 Å². The Kier molecular flexibility index (Phi) is 4.70. The van der Waals surface area contributed by atoms with Crippen LogP contribution < -0.4 is 4.74 Å². The molecule has 1 heterocycles. The number of ether oxygens (including phenoxy) is 2. The van der Waals surface area contributed by atoms with Gasteiger partial charge in [-0.15, -0.1) is 0 Å². The monoisotopic (exact) mass is 215 g/mol. The van der Waals surface area contributed by atoms with Gasteiger partial charge in [0.2, 0.25) is 0 Å². The van der Waals surface area contributed by atoms with Crippen LogP contribution in [0.4, 0.5) is 0 Å². The van der Waals surface area contributed by atoms with Gasteiger partial charge in [0.1, 0.15) is 10.9 Å². The van der Waals surface area contributed by atoms with Gasteiger partial charge >= 0.3 is 0 Å². The molecule has 0 radical (unpaired) electrons. The predicted octanol–water partition coefficient (Wildman–Crippen LogP) is 2.46. The van der Waals surface area contributed by atoms with Gasteiger partial charge in [-0.25, -0.2) is 4.98 Å². The van der Waals surface area contributed by atoms with E-state index in [1.54, 1.807) is 19.4 Å². The van der Waals surface area contributed by atoms with E-state index in [4.69, 9.17) is 21.1 Å². The highest BCUT2D eigenvalue weighted by Crippen LogP contribution is 2.20. The molecule has 0 N–H and O–H groups in total. The number of aryl methyl sites for hydroxylation is 1. The first-order chi connectivity index (χ1) is 6.74. The van der Waals surface area contributed by atoms with Gasteiger partial charge in [-0.1, -0.05) is 11.6 Å². The van der Waals surface area contributed by atoms with E-state index in [2.05, 4.69) is 4.98 Å². The molecule has 0 unspecified atom stereocenters. The molecule has 1 aromatic rings. The van der Waals surface area contributed by atoms with Gasteiger partial charge in [-0.05, 0) is 6.92 Å². The number of halogens is 1. The number of hydrogen-bond acceptors (Lipinski definition) is 3. The number of nitrogens with zero attached hydrogens (tertiary/aromatic N) is 1. The molecule has 0 saturated carbocycles. The summed E-state index contributed by atoms with van der Waals surface area (Å²) >= 11 is 5.74. The highest BCUT2D eigenvalue weighted by Gasteiger charge is 2.00. The van der Waals surface area contributed by atoms with Gasteiger partial charge in [-0.2, -0.15) is 0 Å². The van der Waals surface area contributed by atoms with E-state index in [1.165, 1.54) is 0 Å². The highest BCUT2D eigenvalue weighted by molar-refractivity contribution is 6.29. The van der Waals surface area contributed by atoms with E-state index in [0.717, 1.165) is 17.7 Å². The molecule has 0 saturated heterocycles. The summed E-state index contributed by atoms with van der Waals surface area (Å²) in [6, 6.07) is 1.73. The molecular formula is C10H14ClNO2. The molecule has 78 valence electrons. The molecule has 4 heteroatoms. The van der Waals surface area contributed by atoms with Crippen molar-refractivity contribution < 1.29 is 9.47 Å². The van der Waals surface area contributed by atoms with Crippen LogP contribution >= 0.6 is 11.6 Å². The fourth-order valence-corrected chi connectivity index (χ4v) is 1.17. The normalized spacial score (nSPS) is 10.2. The molecule has 0 aliphatic heterocycles. The molecule has 0 aromatic carbocycles. The molecule has 0 spiro atoms. The maximum atomic E-state index is 5.74. The lowest BCUT2D eigenvalue weighted by atomic mass is 10.3. The number of pyridine rings is 1. The van der Waals surface area contributed by atoms with Crippen LogP contribution in [0.2, 0.25) is 5.15 Å². The molecule has 0 aliphatic carbocycles. The van der Waals surface area contributed by atoms with Crippen molar-refractivity contribution in [3.8, 4) is 5.75 Å². The van der Waals surface area contributed by atoms with Gasteiger partial charge in [0, 0.05) is 38.0 Å². The van der Waals surface area contributed by atoms with Crippen LogP contribution in [0.1, 0.15) is 12.0 Å². The number of rotatable bonds is 5. The van der Waals surface area contributed by atoms with Crippen LogP contribution in [0, 0.1) is 6.92 Å². The predicted molar refractivity (Wildman–Crippen MR) is 56.0 cm³/mol. The maximum absolute atomic E-state index is 5.74. The molecule has 1 rings (SSSR count). The molecule has 0 atom stereocenters. The van der Waals surface area contributed by atoms with Crippen molar-refractivity contribution in [2.24, 2.45) is 0 Å². The quantitative estimate of drug-likeness (QED) is 0.559. The minimum Gasteiger partial charge on any atom is -0.493 e. The van der Waals surface area contributed by atoms with Crippen molar-refractivity contribution in [1.82, 2.24) is 4.98 Å². The zero-order valence-corrected chi connectivity index (χ0v) is 9.17. The van der Waals surface area contributed by atoms with Crippen molar-refractivity contribution in [2.45, 2.75) is 13.3 Å². The third-order valence-corrected chi connectivity index (χ3v) is 1.98. The van der Waals surface area contributed by atoms with E-state index in [9.17, 15) is 0 Å². The Bertz CT molecular complexity index is 291. The number of methoxy groups -OCH3 is 1. The fraction of sp³-hybridized carbons (Fsp3) is 0.500. The fourth-order valence-electron chi connectivity index (χ4n) is 1.02. The molecule has 0 aliphatic rings. The molecule has 0 amide bonds. The van der Waals surface area contributed by atoms with Crippen LogP contribution in [0.25, 0.3) is 0 Å². The number of hydrogen-bond donors (Lipinski definition) is 0. The summed E-state index contributed by atoms with van der Waals surface area (Å²) in [5.41, 5.74) is 0.992. The van der Waals surface area contributed by atoms with E-state index < -0.39 is 0 Å². The molecular weight excluding hydrogens is 202 g/mol. The Hall–Kier alpha value is -0.800. The molecule has 0 bridgehead atoms. The maximum Gasteiger partial charge on any atom is 0.132 e. The van der Waals surface area contributed by atoms with Crippen LogP contribution in [-0.2, 0) is 4.74 Å². The average molecular weight is 216 g/mol. The van der Waals surface area contributed by atoms with Crippen LogP contribution in [0.3, 0.4) is 0 Å². The van der Waals surface area contributed by atoms with Gasteiger partial charge in [-0.3, -0.25) is 0 Å². The SMILES string of the molecule is COCCCOc1cc(Cl)ncc1C. The lowest BCUT2D eigenvalue weighted by Crippen LogP contribution is -2.02. The standard InChI is InChI=1S/C10H14ClNO2/c1-8-7-12-10(11)6-9(8)14-5-3-4-13-2/h6-7H,3-5H2,1-2H3. The third kappa shape index (κ3) is 3.52. The van der Waals surface area contributed by atoms with Crippen molar-refractivity contribution in [3.63, 3.8) is 0 Å². The van der Waals surface area contributed by atoms with Crippen molar-refractivity contribution in [3.05, 3.63) is 23.0 Å². The summed E-state index contributed by atoms with van der Waals surface area (Å²) in [5.74, 6) is 0.793. The Morgan fingerprint density at radius 3 is 2.93 bits per heavy atom. The van der Waals surface area contributed by atoms with Gasteiger partial charge in [0.25, 0.3) is 0 Å². The first-order valence-electron chi connectivity index (χ1n) is 4.48. The summed E-state index contributed by atoms with van der Waals surface area (Å²) in [6.07, 6.45) is 2.57. The topological polar surface area (TPSA) is 31.4 Å². The van der Waals surface area contributed by atoms with Crippen LogP contribution in [-0.4, -0.2) is 25.3 Å². The van der Waals surface area contributed by atoms with Crippen molar-refractivity contribution >= 4 is 11.6 Å². The first-order valence-corrected chi connectivity index (χ1v) is 4.85. The smallest absolute Gasteiger partial charge is 0.132 e. The number of aromatic nitrogens is 1. The second-order valence-electron chi connectivity index (χ2n) is 2.97. The average Bonchev–Trinajstić information content (AvgIpc) is 2.18. The van der Waals surface area contributed by atoms with Gasteiger partial charge in [0.05, 0.1) is 6.61 Å². The van der Waals surface area contributed by atoms with Gasteiger partial charge in [0.15, 0.2) is 0 Å². The Labute approximate surface area is 89.0 Å². The zero-order chi connectivity index (χ0) is 10.4. The Morgan fingerprint density at radius 2 is 2.21 bits per heavy atom. The van der Waals surface area contributed by atoms with E-state index in [1.807, 2.05) is 6.92 Å². The third-order valence-electron chi connectivity index (χ3n) is 1.77. The van der Waals surface area contributed by atoms with Crippen molar-refractivity contribution in [1.29, 1.82) is 0 Å². The van der Waals surface area contributed by atoms with Crippen molar-refractivity contribution in [2.75, 3.05) is 20.3 Å². The minimum atomic E-state index is 0.456. The molecule has 14 heavy (non-hydrogen) atoms. The Morgan fingerprint density at radius 1 is 1.43 bits per heavy atom. The summed E-state index contributed by atoms with van der Waals surface area (Å²) in [4.78, 5) is 3.94. The summed E-state index contributed by atoms with van der Waals surface area (Å²) in [6.45, 7) is 3.28. The summed E-state index contributed by atoms with van der Waals surface area (Å²) < 4.78 is 10.4. The van der Waals surface area contributed by atoms with E-state index in [0.29, 0.717) is 18.4 Å². The largest absolute Gasteiger partial charge is 0.493 e. The molecule has 0 fully saturated rings. The minimum absolute atomic E-state index is 0.456. The first kappa shape index (κ1) is 11.3. The second kappa shape index (κ2) is 5.83. The van der Waals surface area contributed by atoms with E-state index >= 15 is 0 Å².